The molecule has 1 spiro atoms. The number of benzene rings is 2. The molecule has 1 atom stereocenters. The molecule has 0 bridgehead atoms. The van der Waals surface area contributed by atoms with Crippen molar-refractivity contribution in [3.8, 4) is 0 Å². The average molecular weight is 348 g/mol. The highest BCUT2D eigenvalue weighted by Crippen LogP contribution is 2.48. The van der Waals surface area contributed by atoms with E-state index in [9.17, 15) is 4.79 Å². The van der Waals surface area contributed by atoms with Gasteiger partial charge in [0.1, 0.15) is 0 Å². The smallest absolute Gasteiger partial charge is 0.226 e. The number of nitrogens with one attached hydrogen (secondary N) is 1. The lowest BCUT2D eigenvalue weighted by Crippen LogP contribution is -2.51. The van der Waals surface area contributed by atoms with Crippen LogP contribution < -0.4 is 5.32 Å². The molecule has 2 fully saturated rings. The number of hydrogen-bond acceptors (Lipinski definition) is 2. The Morgan fingerprint density at radius 3 is 2.31 bits per heavy atom. The van der Waals surface area contributed by atoms with Crippen LogP contribution in [-0.2, 0) is 11.2 Å². The monoisotopic (exact) mass is 348 g/mol. The number of nitrogens with zero attached hydrogens (tertiary/aromatic N) is 1. The third-order valence-corrected chi connectivity index (χ3v) is 6.40. The molecule has 1 amide bonds. The van der Waals surface area contributed by atoms with Crippen LogP contribution in [0.1, 0.15) is 36.3 Å². The Labute approximate surface area is 156 Å². The number of piperidine rings is 2. The van der Waals surface area contributed by atoms with E-state index in [4.69, 9.17) is 0 Å². The summed E-state index contributed by atoms with van der Waals surface area (Å²) >= 11 is 0. The average Bonchev–Trinajstić information content (AvgIpc) is 2.70. The lowest BCUT2D eigenvalue weighted by Gasteiger charge is -2.49. The van der Waals surface area contributed by atoms with Crippen LogP contribution in [0.15, 0.2) is 60.7 Å². The SMILES string of the molecule is O=C(Cc1ccccc1)N1CCC2(CCNCC2c2ccccc2)CC1. The molecule has 4 rings (SSSR count). The fourth-order valence-electron chi connectivity index (χ4n) is 4.81. The first kappa shape index (κ1) is 17.3. The van der Waals surface area contributed by atoms with E-state index in [1.165, 1.54) is 12.0 Å². The van der Waals surface area contributed by atoms with Crippen LogP contribution in [0.2, 0.25) is 0 Å². The van der Waals surface area contributed by atoms with E-state index in [1.807, 2.05) is 30.3 Å². The van der Waals surface area contributed by atoms with E-state index in [1.54, 1.807) is 0 Å². The maximum atomic E-state index is 12.7. The summed E-state index contributed by atoms with van der Waals surface area (Å²) in [5, 5.41) is 3.59. The maximum Gasteiger partial charge on any atom is 0.226 e. The maximum absolute atomic E-state index is 12.7. The van der Waals surface area contributed by atoms with Gasteiger partial charge >= 0.3 is 0 Å². The zero-order chi connectivity index (χ0) is 17.8. The molecular formula is C23H28N2O. The Morgan fingerprint density at radius 1 is 0.962 bits per heavy atom. The van der Waals surface area contributed by atoms with Crippen molar-refractivity contribution >= 4 is 5.91 Å². The third-order valence-electron chi connectivity index (χ3n) is 6.40. The lowest BCUT2D eigenvalue weighted by atomic mass is 9.63. The van der Waals surface area contributed by atoms with Gasteiger partial charge in [-0.05, 0) is 42.3 Å². The summed E-state index contributed by atoms with van der Waals surface area (Å²) in [6.45, 7) is 3.95. The zero-order valence-electron chi connectivity index (χ0n) is 15.4. The fraction of sp³-hybridized carbons (Fsp3) is 0.435. The van der Waals surface area contributed by atoms with Crippen LogP contribution in [-0.4, -0.2) is 37.0 Å². The Bertz CT molecular complexity index is 720. The molecule has 1 N–H and O–H groups in total. The molecular weight excluding hydrogens is 320 g/mol. The molecule has 0 aromatic heterocycles. The summed E-state index contributed by atoms with van der Waals surface area (Å²) in [6, 6.07) is 21.0. The van der Waals surface area contributed by atoms with E-state index in [0.29, 0.717) is 17.8 Å². The molecule has 2 saturated heterocycles. The Kier molecular flexibility index (Phi) is 5.07. The molecule has 2 aromatic carbocycles. The van der Waals surface area contributed by atoms with E-state index in [-0.39, 0.29) is 5.91 Å². The highest BCUT2D eigenvalue weighted by molar-refractivity contribution is 5.78. The number of amides is 1. The summed E-state index contributed by atoms with van der Waals surface area (Å²) in [4.78, 5) is 14.8. The minimum absolute atomic E-state index is 0.274. The second-order valence-corrected chi connectivity index (χ2v) is 7.82. The quantitative estimate of drug-likeness (QED) is 0.919. The van der Waals surface area contributed by atoms with Crippen LogP contribution in [0.4, 0.5) is 0 Å². The first-order valence-corrected chi connectivity index (χ1v) is 9.84. The van der Waals surface area contributed by atoms with Gasteiger partial charge < -0.3 is 10.2 Å². The Balaban J connectivity index is 1.43. The molecule has 2 aliphatic rings. The molecule has 2 heterocycles. The molecule has 0 radical (unpaired) electrons. The minimum Gasteiger partial charge on any atom is -0.342 e. The predicted octanol–water partition coefficient (Wildman–Crippen LogP) is 3.62. The largest absolute Gasteiger partial charge is 0.342 e. The van der Waals surface area contributed by atoms with Crippen molar-refractivity contribution in [1.29, 1.82) is 0 Å². The lowest BCUT2D eigenvalue weighted by molar-refractivity contribution is -0.133. The van der Waals surface area contributed by atoms with Gasteiger partial charge in [0.15, 0.2) is 0 Å². The summed E-state index contributed by atoms with van der Waals surface area (Å²) in [7, 11) is 0. The molecule has 2 aromatic rings. The van der Waals surface area contributed by atoms with Crippen molar-refractivity contribution in [1.82, 2.24) is 10.2 Å². The Hall–Kier alpha value is -2.13. The van der Waals surface area contributed by atoms with Crippen molar-refractivity contribution in [3.63, 3.8) is 0 Å². The van der Waals surface area contributed by atoms with Gasteiger partial charge in [-0.15, -0.1) is 0 Å². The van der Waals surface area contributed by atoms with Gasteiger partial charge in [-0.1, -0.05) is 60.7 Å². The van der Waals surface area contributed by atoms with E-state index >= 15 is 0 Å². The fourth-order valence-corrected chi connectivity index (χ4v) is 4.81. The second-order valence-electron chi connectivity index (χ2n) is 7.82. The molecule has 3 nitrogen and oxygen atoms in total. The first-order valence-electron chi connectivity index (χ1n) is 9.84. The number of carbonyl (C=O) groups is 1. The van der Waals surface area contributed by atoms with Crippen molar-refractivity contribution in [2.75, 3.05) is 26.2 Å². The van der Waals surface area contributed by atoms with Gasteiger partial charge in [0.05, 0.1) is 6.42 Å². The van der Waals surface area contributed by atoms with Gasteiger partial charge in [-0.2, -0.15) is 0 Å². The van der Waals surface area contributed by atoms with Gasteiger partial charge in [-0.3, -0.25) is 4.79 Å². The van der Waals surface area contributed by atoms with Crippen LogP contribution in [0.5, 0.6) is 0 Å². The van der Waals surface area contributed by atoms with Crippen molar-refractivity contribution in [2.24, 2.45) is 5.41 Å². The highest BCUT2D eigenvalue weighted by Gasteiger charge is 2.44. The second kappa shape index (κ2) is 7.63. The molecule has 136 valence electrons. The summed E-state index contributed by atoms with van der Waals surface area (Å²) in [6.07, 6.45) is 3.98. The number of rotatable bonds is 3. The van der Waals surface area contributed by atoms with Gasteiger partial charge in [0.25, 0.3) is 0 Å². The molecule has 0 aliphatic carbocycles. The number of carbonyl (C=O) groups excluding carboxylic acids is 1. The van der Waals surface area contributed by atoms with Crippen LogP contribution in [0.3, 0.4) is 0 Å². The number of likely N-dealkylation sites (tertiary alicyclic amines) is 1. The highest BCUT2D eigenvalue weighted by atomic mass is 16.2. The van der Waals surface area contributed by atoms with Crippen LogP contribution in [0, 0.1) is 5.41 Å². The van der Waals surface area contributed by atoms with Crippen LogP contribution >= 0.6 is 0 Å². The summed E-state index contributed by atoms with van der Waals surface area (Å²) in [5.41, 5.74) is 2.90. The van der Waals surface area contributed by atoms with E-state index < -0.39 is 0 Å². The van der Waals surface area contributed by atoms with Crippen molar-refractivity contribution in [3.05, 3.63) is 71.8 Å². The molecule has 2 aliphatic heterocycles. The Morgan fingerprint density at radius 2 is 1.62 bits per heavy atom. The normalized spacial score (nSPS) is 22.3. The van der Waals surface area contributed by atoms with Gasteiger partial charge in [-0.25, -0.2) is 0 Å². The number of hydrogen-bond donors (Lipinski definition) is 1. The van der Waals surface area contributed by atoms with E-state index in [0.717, 1.165) is 44.6 Å². The summed E-state index contributed by atoms with van der Waals surface area (Å²) in [5.74, 6) is 0.833. The van der Waals surface area contributed by atoms with Crippen molar-refractivity contribution < 1.29 is 4.79 Å². The van der Waals surface area contributed by atoms with E-state index in [2.05, 4.69) is 40.5 Å². The first-order chi connectivity index (χ1) is 12.8. The van der Waals surface area contributed by atoms with Crippen LogP contribution in [0.25, 0.3) is 0 Å². The zero-order valence-corrected chi connectivity index (χ0v) is 15.4. The minimum atomic E-state index is 0.274. The topological polar surface area (TPSA) is 32.3 Å². The summed E-state index contributed by atoms with van der Waals surface area (Å²) < 4.78 is 0. The standard InChI is InChI=1S/C23H28N2O/c26-22(17-19-7-3-1-4-8-19)25-15-12-23(13-16-25)11-14-24-18-21(23)20-9-5-2-6-10-20/h1-10,21,24H,11-18H2. The molecule has 26 heavy (non-hydrogen) atoms. The molecule has 3 heteroatoms. The predicted molar refractivity (Wildman–Crippen MR) is 105 cm³/mol. The van der Waals surface area contributed by atoms with Gasteiger partial charge in [0.2, 0.25) is 5.91 Å². The van der Waals surface area contributed by atoms with Crippen molar-refractivity contribution in [2.45, 2.75) is 31.6 Å². The molecule has 0 saturated carbocycles. The molecule has 1 unspecified atom stereocenters. The van der Waals surface area contributed by atoms with Gasteiger partial charge in [0, 0.05) is 25.6 Å². The third kappa shape index (κ3) is 3.54.